The molecule has 1 aliphatic rings. The lowest BCUT2D eigenvalue weighted by Crippen LogP contribution is -2.46. The van der Waals surface area contributed by atoms with Gasteiger partial charge in [-0.25, -0.2) is 0 Å². The standard InChI is InChI=1S/C14H19NO4/c1-3-19-13-6-9(4-5-12(13)18-2)14(17)15-10-7-11(16)8-10/h4-6,10-11,16H,3,7-8H2,1-2H3,(H,15,17). The summed E-state index contributed by atoms with van der Waals surface area (Å²) in [6.07, 6.45) is 0.973. The maximum absolute atomic E-state index is 12.0. The minimum absolute atomic E-state index is 0.0696. The van der Waals surface area contributed by atoms with E-state index in [2.05, 4.69) is 5.32 Å². The molecule has 0 aromatic heterocycles. The molecule has 0 unspecified atom stereocenters. The fourth-order valence-electron chi connectivity index (χ4n) is 2.06. The number of nitrogens with one attached hydrogen (secondary N) is 1. The SMILES string of the molecule is CCOc1cc(C(=O)NC2CC(O)C2)ccc1OC. The quantitative estimate of drug-likeness (QED) is 0.843. The van der Waals surface area contributed by atoms with E-state index >= 15 is 0 Å². The number of methoxy groups -OCH3 is 1. The van der Waals surface area contributed by atoms with Gasteiger partial charge in [-0.05, 0) is 38.0 Å². The van der Waals surface area contributed by atoms with E-state index in [1.54, 1.807) is 25.3 Å². The molecule has 0 saturated heterocycles. The summed E-state index contributed by atoms with van der Waals surface area (Å²) in [5, 5.41) is 12.1. The zero-order valence-electron chi connectivity index (χ0n) is 11.2. The number of amides is 1. The number of ether oxygens (including phenoxy) is 2. The second-order valence-corrected chi connectivity index (χ2v) is 4.59. The molecule has 1 saturated carbocycles. The van der Waals surface area contributed by atoms with E-state index in [0.717, 1.165) is 0 Å². The van der Waals surface area contributed by atoms with E-state index in [1.165, 1.54) is 0 Å². The first kappa shape index (κ1) is 13.7. The van der Waals surface area contributed by atoms with Crippen LogP contribution in [0.15, 0.2) is 18.2 Å². The lowest BCUT2D eigenvalue weighted by atomic mass is 9.89. The third-order valence-electron chi connectivity index (χ3n) is 3.17. The van der Waals surface area contributed by atoms with E-state index in [1.807, 2.05) is 6.92 Å². The monoisotopic (exact) mass is 265 g/mol. The first-order chi connectivity index (χ1) is 9.13. The van der Waals surface area contributed by atoms with Gasteiger partial charge in [0.2, 0.25) is 0 Å². The van der Waals surface area contributed by atoms with Gasteiger partial charge in [-0.2, -0.15) is 0 Å². The molecular weight excluding hydrogens is 246 g/mol. The average Bonchev–Trinajstić information content (AvgIpc) is 2.37. The van der Waals surface area contributed by atoms with Crippen LogP contribution < -0.4 is 14.8 Å². The summed E-state index contributed by atoms with van der Waals surface area (Å²) in [5.41, 5.74) is 0.533. The zero-order valence-corrected chi connectivity index (χ0v) is 11.2. The summed E-state index contributed by atoms with van der Waals surface area (Å²) >= 11 is 0. The Kier molecular flexibility index (Phi) is 4.27. The van der Waals surface area contributed by atoms with Crippen molar-refractivity contribution in [2.45, 2.75) is 31.9 Å². The highest BCUT2D eigenvalue weighted by Gasteiger charge is 2.28. The Hall–Kier alpha value is -1.75. The molecule has 0 spiro atoms. The van der Waals surface area contributed by atoms with Crippen LogP contribution >= 0.6 is 0 Å². The molecule has 1 fully saturated rings. The number of aliphatic hydroxyl groups excluding tert-OH is 1. The summed E-state index contributed by atoms with van der Waals surface area (Å²) in [4.78, 5) is 12.0. The molecule has 5 heteroatoms. The molecular formula is C14H19NO4. The van der Waals surface area contributed by atoms with Crippen LogP contribution in [0.4, 0.5) is 0 Å². The zero-order chi connectivity index (χ0) is 13.8. The van der Waals surface area contributed by atoms with Crippen molar-refractivity contribution >= 4 is 5.91 Å². The molecule has 0 aliphatic heterocycles. The van der Waals surface area contributed by atoms with E-state index < -0.39 is 0 Å². The Balaban J connectivity index is 2.06. The lowest BCUT2D eigenvalue weighted by Gasteiger charge is -2.31. The maximum Gasteiger partial charge on any atom is 0.251 e. The van der Waals surface area contributed by atoms with E-state index in [0.29, 0.717) is 36.5 Å². The Morgan fingerprint density at radius 3 is 2.74 bits per heavy atom. The molecule has 0 atom stereocenters. The fraction of sp³-hybridized carbons (Fsp3) is 0.500. The summed E-state index contributed by atoms with van der Waals surface area (Å²) in [7, 11) is 1.56. The molecule has 0 bridgehead atoms. The molecule has 2 rings (SSSR count). The van der Waals surface area contributed by atoms with Crippen molar-refractivity contribution < 1.29 is 19.4 Å². The highest BCUT2D eigenvalue weighted by Crippen LogP contribution is 2.28. The van der Waals surface area contributed by atoms with E-state index in [4.69, 9.17) is 9.47 Å². The summed E-state index contributed by atoms with van der Waals surface area (Å²) in [5.74, 6) is 1.02. The Labute approximate surface area is 112 Å². The minimum Gasteiger partial charge on any atom is -0.493 e. The van der Waals surface area contributed by atoms with Gasteiger partial charge < -0.3 is 19.9 Å². The van der Waals surface area contributed by atoms with Crippen molar-refractivity contribution in [3.8, 4) is 11.5 Å². The second kappa shape index (κ2) is 5.93. The van der Waals surface area contributed by atoms with E-state index in [-0.39, 0.29) is 18.1 Å². The summed E-state index contributed by atoms with van der Waals surface area (Å²) in [6.45, 7) is 2.39. The molecule has 1 amide bonds. The number of hydrogen-bond acceptors (Lipinski definition) is 4. The Morgan fingerprint density at radius 1 is 1.42 bits per heavy atom. The van der Waals surface area contributed by atoms with Crippen molar-refractivity contribution in [2.24, 2.45) is 0 Å². The van der Waals surface area contributed by atoms with Crippen LogP contribution in [-0.4, -0.2) is 36.9 Å². The van der Waals surface area contributed by atoms with Crippen LogP contribution in [0.2, 0.25) is 0 Å². The molecule has 104 valence electrons. The molecule has 1 aliphatic carbocycles. The van der Waals surface area contributed by atoms with Gasteiger partial charge in [0.05, 0.1) is 19.8 Å². The fourth-order valence-corrected chi connectivity index (χ4v) is 2.06. The van der Waals surface area contributed by atoms with Crippen LogP contribution in [0, 0.1) is 0 Å². The topological polar surface area (TPSA) is 67.8 Å². The van der Waals surface area contributed by atoms with Crippen LogP contribution in [0.5, 0.6) is 11.5 Å². The average molecular weight is 265 g/mol. The van der Waals surface area contributed by atoms with Gasteiger partial charge >= 0.3 is 0 Å². The number of benzene rings is 1. The number of carbonyl (C=O) groups excluding carboxylic acids is 1. The normalized spacial score (nSPS) is 21.4. The number of aliphatic hydroxyl groups is 1. The third-order valence-corrected chi connectivity index (χ3v) is 3.17. The van der Waals surface area contributed by atoms with Crippen molar-refractivity contribution in [3.05, 3.63) is 23.8 Å². The van der Waals surface area contributed by atoms with Crippen molar-refractivity contribution in [1.29, 1.82) is 0 Å². The minimum atomic E-state index is -0.278. The van der Waals surface area contributed by atoms with Crippen molar-refractivity contribution in [2.75, 3.05) is 13.7 Å². The van der Waals surface area contributed by atoms with Gasteiger partial charge in [-0.3, -0.25) is 4.79 Å². The van der Waals surface area contributed by atoms with Crippen molar-refractivity contribution in [1.82, 2.24) is 5.32 Å². The predicted octanol–water partition coefficient (Wildman–Crippen LogP) is 1.35. The Morgan fingerprint density at radius 2 is 2.16 bits per heavy atom. The van der Waals surface area contributed by atoms with Crippen LogP contribution in [0.25, 0.3) is 0 Å². The van der Waals surface area contributed by atoms with Gasteiger partial charge in [0.1, 0.15) is 0 Å². The predicted molar refractivity (Wildman–Crippen MR) is 70.7 cm³/mol. The molecule has 1 aromatic carbocycles. The van der Waals surface area contributed by atoms with Crippen molar-refractivity contribution in [3.63, 3.8) is 0 Å². The molecule has 0 radical (unpaired) electrons. The first-order valence-electron chi connectivity index (χ1n) is 6.43. The summed E-state index contributed by atoms with van der Waals surface area (Å²) in [6, 6.07) is 5.16. The highest BCUT2D eigenvalue weighted by molar-refractivity contribution is 5.95. The van der Waals surface area contributed by atoms with E-state index in [9.17, 15) is 9.90 Å². The number of carbonyl (C=O) groups is 1. The third kappa shape index (κ3) is 3.17. The number of hydrogen-bond donors (Lipinski definition) is 2. The van der Waals surface area contributed by atoms with Gasteiger partial charge in [0, 0.05) is 11.6 Å². The number of rotatable bonds is 5. The smallest absolute Gasteiger partial charge is 0.251 e. The molecule has 0 heterocycles. The van der Waals surface area contributed by atoms with Crippen LogP contribution in [0.1, 0.15) is 30.1 Å². The van der Waals surface area contributed by atoms with Gasteiger partial charge in [0.25, 0.3) is 5.91 Å². The Bertz CT molecular complexity index is 455. The highest BCUT2D eigenvalue weighted by atomic mass is 16.5. The van der Waals surface area contributed by atoms with Gasteiger partial charge in [0.15, 0.2) is 11.5 Å². The van der Waals surface area contributed by atoms with Crippen LogP contribution in [0.3, 0.4) is 0 Å². The van der Waals surface area contributed by atoms with Crippen LogP contribution in [-0.2, 0) is 0 Å². The molecule has 19 heavy (non-hydrogen) atoms. The first-order valence-corrected chi connectivity index (χ1v) is 6.43. The molecule has 1 aromatic rings. The summed E-state index contributed by atoms with van der Waals surface area (Å²) < 4.78 is 10.6. The van der Waals surface area contributed by atoms with Gasteiger partial charge in [-0.1, -0.05) is 0 Å². The molecule has 5 nitrogen and oxygen atoms in total. The maximum atomic E-state index is 12.0. The molecule has 2 N–H and O–H groups in total. The van der Waals surface area contributed by atoms with Gasteiger partial charge in [-0.15, -0.1) is 0 Å². The second-order valence-electron chi connectivity index (χ2n) is 4.59. The lowest BCUT2D eigenvalue weighted by molar-refractivity contribution is 0.0562. The largest absolute Gasteiger partial charge is 0.493 e.